The molecule has 0 aliphatic rings. The molecule has 0 unspecified atom stereocenters. The number of nitro groups is 1. The predicted molar refractivity (Wildman–Crippen MR) is 82.2 cm³/mol. The number of halogens is 2. The molecule has 2 rings (SSSR count). The molecule has 0 aliphatic heterocycles. The minimum atomic E-state index is -0.959. The van der Waals surface area contributed by atoms with Crippen molar-refractivity contribution in [2.45, 2.75) is 0 Å². The topological polar surface area (TPSA) is 72.2 Å². The van der Waals surface area contributed by atoms with Gasteiger partial charge in [0.1, 0.15) is 0 Å². The largest absolute Gasteiger partial charge is 0.322 e. The highest BCUT2D eigenvalue weighted by Gasteiger charge is 2.14. The van der Waals surface area contributed by atoms with Gasteiger partial charge in [-0.1, -0.05) is 23.7 Å². The second-order valence-corrected chi connectivity index (χ2v) is 4.73. The van der Waals surface area contributed by atoms with Gasteiger partial charge in [0.2, 0.25) is 11.7 Å². The quantitative estimate of drug-likeness (QED) is 0.525. The maximum absolute atomic E-state index is 13.2. The molecule has 0 atom stereocenters. The lowest BCUT2D eigenvalue weighted by Gasteiger charge is -2.02. The van der Waals surface area contributed by atoms with Gasteiger partial charge in [0, 0.05) is 22.9 Å². The van der Waals surface area contributed by atoms with Crippen LogP contribution in [0.4, 0.5) is 15.8 Å². The highest BCUT2D eigenvalue weighted by Crippen LogP contribution is 2.21. The van der Waals surface area contributed by atoms with E-state index in [1.807, 2.05) is 0 Å². The fourth-order valence-corrected chi connectivity index (χ4v) is 1.79. The number of anilines is 1. The highest BCUT2D eigenvalue weighted by atomic mass is 35.5. The number of rotatable bonds is 4. The molecule has 0 radical (unpaired) electrons. The molecular formula is C15H10ClFN2O3. The van der Waals surface area contributed by atoms with E-state index in [-0.39, 0.29) is 5.69 Å². The van der Waals surface area contributed by atoms with E-state index in [4.69, 9.17) is 11.6 Å². The number of nitrogens with zero attached hydrogens (tertiary/aromatic N) is 1. The van der Waals surface area contributed by atoms with Crippen LogP contribution in [0.2, 0.25) is 5.02 Å². The summed E-state index contributed by atoms with van der Waals surface area (Å²) < 4.78 is 13.2. The molecule has 0 spiro atoms. The Morgan fingerprint density at radius 1 is 1.23 bits per heavy atom. The minimum absolute atomic E-state index is 0.138. The van der Waals surface area contributed by atoms with Crippen LogP contribution in [-0.4, -0.2) is 10.8 Å². The average molecular weight is 321 g/mol. The van der Waals surface area contributed by atoms with E-state index in [9.17, 15) is 19.3 Å². The lowest BCUT2D eigenvalue weighted by Crippen LogP contribution is -2.08. The summed E-state index contributed by atoms with van der Waals surface area (Å²) in [6.07, 6.45) is 2.82. The van der Waals surface area contributed by atoms with Crippen LogP contribution in [0, 0.1) is 15.9 Å². The zero-order valence-electron chi connectivity index (χ0n) is 11.1. The number of carbonyl (C=O) groups excluding carboxylic acids is 1. The number of hydrogen-bond acceptors (Lipinski definition) is 3. The molecule has 0 saturated carbocycles. The van der Waals surface area contributed by atoms with Crippen molar-refractivity contribution < 1.29 is 14.1 Å². The third kappa shape index (κ3) is 4.13. The first kappa shape index (κ1) is 15.7. The predicted octanol–water partition coefficient (Wildman–Crippen LogP) is 4.04. The monoisotopic (exact) mass is 320 g/mol. The minimum Gasteiger partial charge on any atom is -0.322 e. The summed E-state index contributed by atoms with van der Waals surface area (Å²) >= 11 is 5.75. The SMILES string of the molecule is O=C(/C=C/c1ccc(Cl)cc1)Nc1ccc(F)c([N+](=O)[O-])c1. The molecule has 0 aromatic heterocycles. The number of hydrogen-bond donors (Lipinski definition) is 1. The van der Waals surface area contributed by atoms with Crippen molar-refractivity contribution in [2.24, 2.45) is 0 Å². The summed E-state index contributed by atoms with van der Waals surface area (Å²) in [6.45, 7) is 0. The van der Waals surface area contributed by atoms with Crippen LogP contribution < -0.4 is 5.32 Å². The van der Waals surface area contributed by atoms with Crippen molar-refractivity contribution >= 4 is 35.0 Å². The van der Waals surface area contributed by atoms with E-state index < -0.39 is 22.3 Å². The van der Waals surface area contributed by atoms with Gasteiger partial charge in [-0.05, 0) is 35.9 Å². The van der Waals surface area contributed by atoms with Crippen molar-refractivity contribution in [1.29, 1.82) is 0 Å². The van der Waals surface area contributed by atoms with Crippen LogP contribution in [0.5, 0.6) is 0 Å². The van der Waals surface area contributed by atoms with Gasteiger partial charge in [0.25, 0.3) is 0 Å². The number of nitro benzene ring substituents is 1. The Bertz CT molecular complexity index is 745. The van der Waals surface area contributed by atoms with E-state index in [1.54, 1.807) is 30.3 Å². The third-order valence-corrected chi connectivity index (χ3v) is 2.96. The van der Waals surface area contributed by atoms with Gasteiger partial charge in [-0.15, -0.1) is 0 Å². The molecule has 2 aromatic carbocycles. The summed E-state index contributed by atoms with van der Waals surface area (Å²) in [5.74, 6) is -1.45. The number of amides is 1. The van der Waals surface area contributed by atoms with E-state index in [2.05, 4.69) is 5.32 Å². The molecule has 0 saturated heterocycles. The molecule has 5 nitrogen and oxygen atoms in total. The van der Waals surface area contributed by atoms with Crippen molar-refractivity contribution in [3.05, 3.63) is 75.1 Å². The summed E-state index contributed by atoms with van der Waals surface area (Å²) in [6, 6.07) is 9.96. The molecular weight excluding hydrogens is 311 g/mol. The van der Waals surface area contributed by atoms with Gasteiger partial charge < -0.3 is 5.32 Å². The first-order chi connectivity index (χ1) is 10.5. The van der Waals surface area contributed by atoms with E-state index in [0.717, 1.165) is 17.7 Å². The Kier molecular flexibility index (Phi) is 4.85. The fourth-order valence-electron chi connectivity index (χ4n) is 1.66. The van der Waals surface area contributed by atoms with Crippen molar-refractivity contribution in [1.82, 2.24) is 0 Å². The summed E-state index contributed by atoms with van der Waals surface area (Å²) in [7, 11) is 0. The van der Waals surface area contributed by atoms with Crippen LogP contribution in [0.15, 0.2) is 48.5 Å². The number of benzene rings is 2. The van der Waals surface area contributed by atoms with Crippen molar-refractivity contribution in [3.8, 4) is 0 Å². The number of nitrogens with one attached hydrogen (secondary N) is 1. The second kappa shape index (κ2) is 6.82. The molecule has 2 aromatic rings. The van der Waals surface area contributed by atoms with Gasteiger partial charge in [0.05, 0.1) is 4.92 Å². The van der Waals surface area contributed by atoms with Gasteiger partial charge in [0.15, 0.2) is 0 Å². The first-order valence-electron chi connectivity index (χ1n) is 6.14. The molecule has 0 heterocycles. The molecule has 1 N–H and O–H groups in total. The van der Waals surface area contributed by atoms with Gasteiger partial charge in [-0.2, -0.15) is 4.39 Å². The lowest BCUT2D eigenvalue weighted by molar-refractivity contribution is -0.387. The molecule has 22 heavy (non-hydrogen) atoms. The van der Waals surface area contributed by atoms with Crippen LogP contribution in [0.25, 0.3) is 6.08 Å². The van der Waals surface area contributed by atoms with E-state index >= 15 is 0 Å². The first-order valence-corrected chi connectivity index (χ1v) is 6.52. The Hall–Kier alpha value is -2.73. The Morgan fingerprint density at radius 2 is 1.91 bits per heavy atom. The van der Waals surface area contributed by atoms with Crippen LogP contribution in [0.1, 0.15) is 5.56 Å². The smallest absolute Gasteiger partial charge is 0.306 e. The second-order valence-electron chi connectivity index (χ2n) is 4.30. The summed E-state index contributed by atoms with van der Waals surface area (Å²) in [5.41, 5.74) is 0.211. The van der Waals surface area contributed by atoms with Crippen LogP contribution >= 0.6 is 11.6 Å². The highest BCUT2D eigenvalue weighted by molar-refractivity contribution is 6.30. The molecule has 112 valence electrons. The van der Waals surface area contributed by atoms with E-state index in [1.165, 1.54) is 12.1 Å². The average Bonchev–Trinajstić information content (AvgIpc) is 2.48. The Labute approximate surface area is 130 Å². The van der Waals surface area contributed by atoms with Gasteiger partial charge >= 0.3 is 5.69 Å². The van der Waals surface area contributed by atoms with Crippen molar-refractivity contribution in [3.63, 3.8) is 0 Å². The molecule has 0 fully saturated rings. The maximum Gasteiger partial charge on any atom is 0.306 e. The zero-order valence-corrected chi connectivity index (χ0v) is 11.9. The van der Waals surface area contributed by atoms with Crippen LogP contribution in [0.3, 0.4) is 0 Å². The zero-order chi connectivity index (χ0) is 16.1. The van der Waals surface area contributed by atoms with Crippen LogP contribution in [-0.2, 0) is 4.79 Å². The normalized spacial score (nSPS) is 10.6. The van der Waals surface area contributed by atoms with Gasteiger partial charge in [-0.25, -0.2) is 0 Å². The fraction of sp³-hybridized carbons (Fsp3) is 0. The molecule has 0 bridgehead atoms. The molecule has 0 aliphatic carbocycles. The van der Waals surface area contributed by atoms with Gasteiger partial charge in [-0.3, -0.25) is 14.9 Å². The standard InChI is InChI=1S/C15H10ClFN2O3/c16-11-4-1-10(2-5-11)3-8-15(20)18-12-6-7-13(17)14(9-12)19(21)22/h1-9H,(H,18,20)/b8-3+. The Morgan fingerprint density at radius 3 is 2.55 bits per heavy atom. The third-order valence-electron chi connectivity index (χ3n) is 2.71. The summed E-state index contributed by atoms with van der Waals surface area (Å²) in [4.78, 5) is 21.5. The molecule has 7 heteroatoms. The van der Waals surface area contributed by atoms with Crippen molar-refractivity contribution in [2.75, 3.05) is 5.32 Å². The lowest BCUT2D eigenvalue weighted by atomic mass is 10.2. The Balaban J connectivity index is 2.07. The number of carbonyl (C=O) groups is 1. The summed E-state index contributed by atoms with van der Waals surface area (Å²) in [5, 5.41) is 13.6. The maximum atomic E-state index is 13.2. The molecule has 1 amide bonds. The van der Waals surface area contributed by atoms with E-state index in [0.29, 0.717) is 5.02 Å².